The van der Waals surface area contributed by atoms with Crippen LogP contribution < -0.4 is 5.73 Å². The number of nitrogens with zero attached hydrogens (tertiary/aromatic N) is 3. The Balaban J connectivity index is 2.17. The molecule has 2 aromatic rings. The van der Waals surface area contributed by atoms with Gasteiger partial charge in [0.15, 0.2) is 5.84 Å². The van der Waals surface area contributed by atoms with Crippen molar-refractivity contribution < 1.29 is 5.11 Å². The molecule has 0 aliphatic rings. The number of benzene rings is 1. The van der Waals surface area contributed by atoms with Gasteiger partial charge in [0.1, 0.15) is 11.4 Å². The monoisotopic (exact) mass is 318 g/mol. The number of aromatic hydroxyl groups is 1. The summed E-state index contributed by atoms with van der Waals surface area (Å²) >= 11 is 3.31. The van der Waals surface area contributed by atoms with Gasteiger partial charge in [-0.1, -0.05) is 22.0 Å². The summed E-state index contributed by atoms with van der Waals surface area (Å²) in [5, 5.41) is 17.3. The number of nitrogens with two attached hydrogens (primary N) is 1. The molecule has 0 saturated heterocycles. The Bertz CT molecular complexity index is 626. The van der Waals surface area contributed by atoms with Gasteiger partial charge in [-0.3, -0.25) is 4.98 Å². The van der Waals surface area contributed by atoms with Crippen molar-refractivity contribution in [3.63, 3.8) is 0 Å². The van der Waals surface area contributed by atoms with Crippen LogP contribution in [0.3, 0.4) is 0 Å². The SMILES string of the molecule is N/C(=N/N=C\c1cc(Br)ccc1O)c1ccccn1. The summed E-state index contributed by atoms with van der Waals surface area (Å²) < 4.78 is 0.841. The molecule has 1 aromatic carbocycles. The third-order valence-electron chi connectivity index (χ3n) is 2.28. The Kier molecular flexibility index (Phi) is 4.25. The number of pyridine rings is 1. The average molecular weight is 319 g/mol. The third-order valence-corrected chi connectivity index (χ3v) is 2.77. The number of phenols is 1. The van der Waals surface area contributed by atoms with Crippen molar-refractivity contribution in [1.29, 1.82) is 0 Å². The first kappa shape index (κ1) is 13.2. The average Bonchev–Trinajstić information content (AvgIpc) is 2.43. The fourth-order valence-corrected chi connectivity index (χ4v) is 1.73. The normalized spacial score (nSPS) is 11.9. The molecule has 0 saturated carbocycles. The lowest BCUT2D eigenvalue weighted by molar-refractivity contribution is 0.474. The maximum absolute atomic E-state index is 9.61. The molecule has 0 aliphatic carbocycles. The van der Waals surface area contributed by atoms with Crippen LogP contribution in [0.25, 0.3) is 0 Å². The van der Waals surface area contributed by atoms with Crippen LogP contribution in [0.1, 0.15) is 11.3 Å². The molecule has 0 atom stereocenters. The lowest BCUT2D eigenvalue weighted by Crippen LogP contribution is -2.14. The quantitative estimate of drug-likeness (QED) is 0.517. The van der Waals surface area contributed by atoms with Gasteiger partial charge in [-0.25, -0.2) is 0 Å². The lowest BCUT2D eigenvalue weighted by Gasteiger charge is -1.98. The van der Waals surface area contributed by atoms with Crippen LogP contribution in [0.4, 0.5) is 0 Å². The Morgan fingerprint density at radius 2 is 2.16 bits per heavy atom. The van der Waals surface area contributed by atoms with E-state index in [0.717, 1.165) is 4.47 Å². The van der Waals surface area contributed by atoms with E-state index in [4.69, 9.17) is 5.73 Å². The summed E-state index contributed by atoms with van der Waals surface area (Å²) in [4.78, 5) is 4.05. The molecule has 0 bridgehead atoms. The van der Waals surface area contributed by atoms with E-state index in [0.29, 0.717) is 11.3 Å². The third kappa shape index (κ3) is 3.62. The summed E-state index contributed by atoms with van der Waals surface area (Å²) in [6, 6.07) is 10.4. The molecule has 0 radical (unpaired) electrons. The summed E-state index contributed by atoms with van der Waals surface area (Å²) in [6.07, 6.45) is 3.05. The van der Waals surface area contributed by atoms with Gasteiger partial charge in [0.25, 0.3) is 0 Å². The van der Waals surface area contributed by atoms with E-state index < -0.39 is 0 Å². The predicted molar refractivity (Wildman–Crippen MR) is 78.4 cm³/mol. The first-order valence-corrected chi connectivity index (χ1v) is 6.22. The number of amidine groups is 1. The number of halogens is 1. The van der Waals surface area contributed by atoms with Crippen molar-refractivity contribution >= 4 is 28.0 Å². The fraction of sp³-hybridized carbons (Fsp3) is 0. The van der Waals surface area contributed by atoms with Crippen LogP contribution >= 0.6 is 15.9 Å². The second kappa shape index (κ2) is 6.10. The molecule has 0 spiro atoms. The van der Waals surface area contributed by atoms with Crippen LogP contribution in [0.5, 0.6) is 5.75 Å². The molecule has 0 fully saturated rings. The molecule has 19 heavy (non-hydrogen) atoms. The zero-order chi connectivity index (χ0) is 13.7. The number of phenolic OH excluding ortho intramolecular Hbond substituents is 1. The molecule has 6 heteroatoms. The van der Waals surface area contributed by atoms with Gasteiger partial charge in [-0.15, -0.1) is 5.10 Å². The number of hydrogen-bond donors (Lipinski definition) is 2. The minimum absolute atomic E-state index is 0.124. The Morgan fingerprint density at radius 1 is 1.32 bits per heavy atom. The summed E-state index contributed by atoms with van der Waals surface area (Å²) in [7, 11) is 0. The van der Waals surface area contributed by atoms with Crippen LogP contribution in [0.2, 0.25) is 0 Å². The zero-order valence-electron chi connectivity index (χ0n) is 9.86. The Morgan fingerprint density at radius 3 is 2.89 bits per heavy atom. The molecule has 0 unspecified atom stereocenters. The van der Waals surface area contributed by atoms with Crippen molar-refractivity contribution in [2.75, 3.05) is 0 Å². The Hall–Kier alpha value is -2.21. The van der Waals surface area contributed by atoms with E-state index in [9.17, 15) is 5.11 Å². The van der Waals surface area contributed by atoms with Crippen LogP contribution in [0.15, 0.2) is 57.3 Å². The van der Waals surface area contributed by atoms with E-state index in [1.165, 1.54) is 6.21 Å². The molecule has 0 aliphatic heterocycles. The van der Waals surface area contributed by atoms with Gasteiger partial charge >= 0.3 is 0 Å². The van der Waals surface area contributed by atoms with Crippen molar-refractivity contribution in [2.24, 2.45) is 15.9 Å². The van der Waals surface area contributed by atoms with E-state index in [-0.39, 0.29) is 11.6 Å². The molecular weight excluding hydrogens is 308 g/mol. The topological polar surface area (TPSA) is 83.9 Å². The van der Waals surface area contributed by atoms with Gasteiger partial charge in [0, 0.05) is 16.2 Å². The second-order valence-corrected chi connectivity index (χ2v) is 4.56. The van der Waals surface area contributed by atoms with E-state index in [1.54, 1.807) is 36.5 Å². The van der Waals surface area contributed by atoms with Crippen LogP contribution in [0, 0.1) is 0 Å². The molecule has 1 aromatic heterocycles. The lowest BCUT2D eigenvalue weighted by atomic mass is 10.2. The summed E-state index contributed by atoms with van der Waals surface area (Å²) in [5.41, 5.74) is 6.83. The molecule has 2 rings (SSSR count). The van der Waals surface area contributed by atoms with E-state index >= 15 is 0 Å². The summed E-state index contributed by atoms with van der Waals surface area (Å²) in [5.74, 6) is 0.338. The van der Waals surface area contributed by atoms with Crippen molar-refractivity contribution in [2.45, 2.75) is 0 Å². The molecule has 0 amide bonds. The highest BCUT2D eigenvalue weighted by Crippen LogP contribution is 2.20. The number of aromatic nitrogens is 1. The van der Waals surface area contributed by atoms with Gasteiger partial charge < -0.3 is 10.8 Å². The zero-order valence-corrected chi connectivity index (χ0v) is 11.4. The Labute approximate surface area is 118 Å². The highest BCUT2D eigenvalue weighted by atomic mass is 79.9. The minimum atomic E-state index is 0.124. The number of rotatable bonds is 3. The highest BCUT2D eigenvalue weighted by Gasteiger charge is 1.99. The van der Waals surface area contributed by atoms with Gasteiger partial charge in [0.05, 0.1) is 6.21 Å². The van der Waals surface area contributed by atoms with Crippen molar-refractivity contribution in [3.8, 4) is 5.75 Å². The van der Waals surface area contributed by atoms with E-state index in [1.807, 2.05) is 6.07 Å². The first-order valence-electron chi connectivity index (χ1n) is 5.43. The van der Waals surface area contributed by atoms with Crippen molar-refractivity contribution in [3.05, 3.63) is 58.3 Å². The van der Waals surface area contributed by atoms with Crippen molar-refractivity contribution in [1.82, 2.24) is 4.98 Å². The predicted octanol–water partition coefficient (Wildman–Crippen LogP) is 2.29. The molecule has 5 nitrogen and oxygen atoms in total. The summed E-state index contributed by atoms with van der Waals surface area (Å²) in [6.45, 7) is 0. The van der Waals surface area contributed by atoms with Gasteiger partial charge in [-0.05, 0) is 30.3 Å². The molecular formula is C13H11BrN4O. The van der Waals surface area contributed by atoms with Crippen LogP contribution in [-0.2, 0) is 0 Å². The first-order chi connectivity index (χ1) is 9.16. The van der Waals surface area contributed by atoms with Gasteiger partial charge in [-0.2, -0.15) is 5.10 Å². The van der Waals surface area contributed by atoms with Crippen LogP contribution in [-0.4, -0.2) is 22.1 Å². The second-order valence-electron chi connectivity index (χ2n) is 3.65. The molecule has 3 N–H and O–H groups in total. The van der Waals surface area contributed by atoms with Gasteiger partial charge in [0.2, 0.25) is 0 Å². The highest BCUT2D eigenvalue weighted by molar-refractivity contribution is 9.10. The molecule has 1 heterocycles. The maximum Gasteiger partial charge on any atom is 0.171 e. The number of hydrogen-bond acceptors (Lipinski definition) is 4. The largest absolute Gasteiger partial charge is 0.507 e. The minimum Gasteiger partial charge on any atom is -0.507 e. The maximum atomic E-state index is 9.61. The smallest absolute Gasteiger partial charge is 0.171 e. The molecule has 96 valence electrons. The standard InChI is InChI=1S/C13H11BrN4O/c14-10-4-5-12(19)9(7-10)8-17-18-13(15)11-3-1-2-6-16-11/h1-8,19H,(H2,15,18)/b17-8-. The van der Waals surface area contributed by atoms with E-state index in [2.05, 4.69) is 31.1 Å². The fourth-order valence-electron chi connectivity index (χ4n) is 1.35.